The summed E-state index contributed by atoms with van der Waals surface area (Å²) in [6, 6.07) is 0. The Morgan fingerprint density at radius 3 is 2.53 bits per heavy atom. The van der Waals surface area contributed by atoms with Crippen LogP contribution in [0.1, 0.15) is 11.1 Å². The minimum absolute atomic E-state index is 0.00154. The van der Waals surface area contributed by atoms with Gasteiger partial charge in [0, 0.05) is 17.3 Å². The zero-order valence-electron chi connectivity index (χ0n) is 8.71. The molecule has 0 atom stereocenters. The molecule has 0 saturated carbocycles. The molecular weight excluding hydrogens is 263 g/mol. The van der Waals surface area contributed by atoms with Gasteiger partial charge in [0.25, 0.3) is 5.88 Å². The van der Waals surface area contributed by atoms with Gasteiger partial charge in [0.05, 0.1) is 19.6 Å². The van der Waals surface area contributed by atoms with Crippen LogP contribution in [0.3, 0.4) is 0 Å². The highest BCUT2D eigenvalue weighted by atomic mass is 35.5. The van der Waals surface area contributed by atoms with E-state index in [4.69, 9.17) is 16.7 Å². The molecule has 0 aliphatic carbocycles. The Hall–Kier alpha value is -1.21. The van der Waals surface area contributed by atoms with Gasteiger partial charge in [-0.05, 0) is 0 Å². The third-order valence-electron chi connectivity index (χ3n) is 1.91. The number of nitrogens with zero attached hydrogens (tertiary/aromatic N) is 1. The molecule has 1 aromatic heterocycles. The number of halogens is 4. The van der Waals surface area contributed by atoms with Gasteiger partial charge in [-0.1, -0.05) is 0 Å². The van der Waals surface area contributed by atoms with Crippen molar-refractivity contribution < 1.29 is 27.8 Å². The van der Waals surface area contributed by atoms with Crippen LogP contribution in [0.15, 0.2) is 6.20 Å². The summed E-state index contributed by atoms with van der Waals surface area (Å²) in [5, 5.41) is 8.96. The number of rotatable bonds is 4. The van der Waals surface area contributed by atoms with Crippen LogP contribution < -0.4 is 9.47 Å². The molecule has 17 heavy (non-hydrogen) atoms. The number of aliphatic hydroxyl groups is 1. The highest BCUT2D eigenvalue weighted by Gasteiger charge is 2.34. The lowest BCUT2D eigenvalue weighted by Gasteiger charge is -2.16. The number of hydrogen-bond acceptors (Lipinski definition) is 4. The first-order valence-corrected chi connectivity index (χ1v) is 4.93. The van der Waals surface area contributed by atoms with Crippen molar-refractivity contribution in [2.75, 3.05) is 7.11 Å². The van der Waals surface area contributed by atoms with Crippen LogP contribution >= 0.6 is 11.6 Å². The van der Waals surface area contributed by atoms with Crippen molar-refractivity contribution in [2.45, 2.75) is 18.8 Å². The minimum Gasteiger partial charge on any atom is -0.478 e. The quantitative estimate of drug-likeness (QED) is 0.853. The third kappa shape index (κ3) is 3.37. The fourth-order valence-corrected chi connectivity index (χ4v) is 1.49. The summed E-state index contributed by atoms with van der Waals surface area (Å²) in [6.07, 6.45) is -3.70. The zero-order valence-corrected chi connectivity index (χ0v) is 9.47. The van der Waals surface area contributed by atoms with Gasteiger partial charge in [-0.3, -0.25) is 0 Å². The lowest BCUT2D eigenvalue weighted by molar-refractivity contribution is -0.275. The number of aliphatic hydroxyl groups excluding tert-OH is 1. The monoisotopic (exact) mass is 271 g/mol. The van der Waals surface area contributed by atoms with E-state index < -0.39 is 18.7 Å². The Kier molecular flexibility index (Phi) is 4.41. The first-order valence-electron chi connectivity index (χ1n) is 4.40. The van der Waals surface area contributed by atoms with E-state index in [0.717, 1.165) is 7.11 Å². The molecule has 8 heteroatoms. The van der Waals surface area contributed by atoms with E-state index in [1.54, 1.807) is 0 Å². The topological polar surface area (TPSA) is 51.6 Å². The van der Waals surface area contributed by atoms with Crippen molar-refractivity contribution >= 4 is 11.6 Å². The first-order chi connectivity index (χ1) is 7.92. The number of methoxy groups -OCH3 is 1. The Morgan fingerprint density at radius 1 is 1.47 bits per heavy atom. The maximum atomic E-state index is 12.2. The predicted octanol–water partition coefficient (Wildman–Crippen LogP) is 2.22. The largest absolute Gasteiger partial charge is 0.573 e. The van der Waals surface area contributed by atoms with E-state index in [-0.39, 0.29) is 22.9 Å². The molecule has 0 saturated heterocycles. The van der Waals surface area contributed by atoms with E-state index in [9.17, 15) is 13.2 Å². The van der Waals surface area contributed by atoms with Crippen molar-refractivity contribution in [3.8, 4) is 11.6 Å². The van der Waals surface area contributed by atoms with E-state index >= 15 is 0 Å². The molecule has 0 spiro atoms. The van der Waals surface area contributed by atoms with E-state index in [0.29, 0.717) is 0 Å². The van der Waals surface area contributed by atoms with E-state index in [2.05, 4.69) is 14.5 Å². The fourth-order valence-electron chi connectivity index (χ4n) is 1.20. The SMILES string of the molecule is COc1ncc(CO)c(CCl)c1OC(F)(F)F. The summed E-state index contributed by atoms with van der Waals surface area (Å²) in [6.45, 7) is -0.493. The molecule has 1 rings (SSSR count). The minimum atomic E-state index is -4.89. The van der Waals surface area contributed by atoms with Crippen LogP contribution in [0.5, 0.6) is 11.6 Å². The molecule has 0 amide bonds. The molecule has 0 aromatic carbocycles. The van der Waals surface area contributed by atoms with Gasteiger partial charge >= 0.3 is 6.36 Å². The first kappa shape index (κ1) is 13.9. The number of aromatic nitrogens is 1. The zero-order chi connectivity index (χ0) is 13.1. The van der Waals surface area contributed by atoms with Crippen LogP contribution in [0.2, 0.25) is 0 Å². The van der Waals surface area contributed by atoms with Crippen molar-refractivity contribution in [1.82, 2.24) is 4.98 Å². The molecule has 0 aliphatic heterocycles. The van der Waals surface area contributed by atoms with Crippen molar-refractivity contribution in [2.24, 2.45) is 0 Å². The summed E-state index contributed by atoms with van der Waals surface area (Å²) >= 11 is 5.53. The fraction of sp³-hybridized carbons (Fsp3) is 0.444. The summed E-state index contributed by atoms with van der Waals surface area (Å²) in [5.74, 6) is -1.23. The van der Waals surface area contributed by atoms with Crippen LogP contribution in [0.25, 0.3) is 0 Å². The molecular formula is C9H9ClF3NO3. The smallest absolute Gasteiger partial charge is 0.478 e. The second-order valence-corrected chi connectivity index (χ2v) is 3.21. The summed E-state index contributed by atoms with van der Waals surface area (Å²) in [5.41, 5.74) is 0.151. The van der Waals surface area contributed by atoms with Gasteiger partial charge in [0.2, 0.25) is 0 Å². The van der Waals surface area contributed by atoms with Crippen LogP contribution in [0, 0.1) is 0 Å². The molecule has 4 nitrogen and oxygen atoms in total. The van der Waals surface area contributed by atoms with Crippen LogP contribution in [-0.4, -0.2) is 23.6 Å². The van der Waals surface area contributed by atoms with Crippen molar-refractivity contribution in [3.05, 3.63) is 17.3 Å². The molecule has 0 bridgehead atoms. The third-order valence-corrected chi connectivity index (χ3v) is 2.18. The number of hydrogen-bond donors (Lipinski definition) is 1. The molecule has 96 valence electrons. The van der Waals surface area contributed by atoms with Crippen LogP contribution in [0.4, 0.5) is 13.2 Å². The van der Waals surface area contributed by atoms with Gasteiger partial charge < -0.3 is 14.6 Å². The van der Waals surface area contributed by atoms with Gasteiger partial charge in [-0.15, -0.1) is 24.8 Å². The maximum absolute atomic E-state index is 12.2. The molecule has 0 radical (unpaired) electrons. The van der Waals surface area contributed by atoms with Crippen molar-refractivity contribution in [3.63, 3.8) is 0 Å². The summed E-state index contributed by atoms with van der Waals surface area (Å²) in [7, 11) is 1.15. The highest BCUT2D eigenvalue weighted by molar-refractivity contribution is 6.17. The number of alkyl halides is 4. The number of pyridine rings is 1. The van der Waals surface area contributed by atoms with Gasteiger partial charge in [-0.2, -0.15) is 0 Å². The molecule has 1 heterocycles. The maximum Gasteiger partial charge on any atom is 0.573 e. The second-order valence-electron chi connectivity index (χ2n) is 2.94. The average Bonchev–Trinajstić information content (AvgIpc) is 2.26. The Balaban J connectivity index is 3.30. The molecule has 0 unspecified atom stereocenters. The molecule has 1 N–H and O–H groups in total. The molecule has 0 fully saturated rings. The lowest BCUT2D eigenvalue weighted by Crippen LogP contribution is -2.19. The van der Waals surface area contributed by atoms with Gasteiger partial charge in [0.15, 0.2) is 5.75 Å². The highest BCUT2D eigenvalue weighted by Crippen LogP contribution is 2.36. The molecule has 0 aliphatic rings. The van der Waals surface area contributed by atoms with Gasteiger partial charge in [-0.25, -0.2) is 4.98 Å². The Morgan fingerprint density at radius 2 is 2.12 bits per heavy atom. The number of ether oxygens (including phenoxy) is 2. The summed E-state index contributed by atoms with van der Waals surface area (Å²) < 4.78 is 45.1. The van der Waals surface area contributed by atoms with Crippen LogP contribution in [-0.2, 0) is 12.5 Å². The standard InChI is InChI=1S/C9H9ClF3NO3/c1-16-8-7(17-9(11,12)13)6(2-10)5(4-15)3-14-8/h3,15H,2,4H2,1H3. The van der Waals surface area contributed by atoms with E-state index in [1.165, 1.54) is 6.20 Å². The lowest BCUT2D eigenvalue weighted by atomic mass is 10.1. The molecule has 1 aromatic rings. The normalized spacial score (nSPS) is 11.4. The average molecular weight is 272 g/mol. The Labute approximate surface area is 99.9 Å². The van der Waals surface area contributed by atoms with Crippen molar-refractivity contribution in [1.29, 1.82) is 0 Å². The Bertz CT molecular complexity index is 398. The van der Waals surface area contributed by atoms with Gasteiger partial charge in [0.1, 0.15) is 0 Å². The van der Waals surface area contributed by atoms with E-state index in [1.807, 2.05) is 0 Å². The second kappa shape index (κ2) is 5.42. The predicted molar refractivity (Wildman–Crippen MR) is 53.0 cm³/mol. The summed E-state index contributed by atoms with van der Waals surface area (Å²) in [4.78, 5) is 3.59.